The van der Waals surface area contributed by atoms with E-state index in [1.807, 2.05) is 0 Å². The zero-order valence-electron chi connectivity index (χ0n) is 13.3. The third-order valence-corrected chi connectivity index (χ3v) is 4.00. The molecule has 0 spiro atoms. The largest absolute Gasteiger partial charge is 0.391 e. The van der Waals surface area contributed by atoms with Gasteiger partial charge in [0.15, 0.2) is 0 Å². The Bertz CT molecular complexity index is 208. The number of hydrogen-bond donors (Lipinski definition) is 1. The summed E-state index contributed by atoms with van der Waals surface area (Å²) < 4.78 is 11.0. The molecule has 1 aliphatic rings. The van der Waals surface area contributed by atoms with Gasteiger partial charge in [-0.25, -0.2) is 0 Å². The molecule has 1 heterocycles. The number of aliphatic hydroxyl groups is 1. The third kappa shape index (κ3) is 9.73. The monoisotopic (exact) mass is 286 g/mol. The van der Waals surface area contributed by atoms with Crippen molar-refractivity contribution in [2.24, 2.45) is 0 Å². The van der Waals surface area contributed by atoms with Gasteiger partial charge in [-0.15, -0.1) is 0 Å². The van der Waals surface area contributed by atoms with Gasteiger partial charge in [0.05, 0.1) is 25.4 Å². The van der Waals surface area contributed by atoms with E-state index in [2.05, 4.69) is 6.92 Å². The maximum atomic E-state index is 9.45. The Hall–Kier alpha value is -0.120. The first-order valence-electron chi connectivity index (χ1n) is 8.70. The first-order valence-corrected chi connectivity index (χ1v) is 8.70. The molecule has 120 valence electrons. The van der Waals surface area contributed by atoms with E-state index in [4.69, 9.17) is 9.47 Å². The minimum Gasteiger partial charge on any atom is -0.391 e. The fourth-order valence-corrected chi connectivity index (χ4v) is 2.73. The van der Waals surface area contributed by atoms with Crippen LogP contribution < -0.4 is 0 Å². The molecule has 1 rings (SSSR count). The van der Waals surface area contributed by atoms with Gasteiger partial charge < -0.3 is 14.6 Å². The van der Waals surface area contributed by atoms with E-state index in [0.717, 1.165) is 19.4 Å². The van der Waals surface area contributed by atoms with Crippen LogP contribution in [-0.4, -0.2) is 37.1 Å². The van der Waals surface area contributed by atoms with Crippen molar-refractivity contribution in [2.75, 3.05) is 19.8 Å². The summed E-state index contributed by atoms with van der Waals surface area (Å²) in [5.41, 5.74) is 0. The molecule has 0 radical (unpaired) electrons. The first-order chi connectivity index (χ1) is 9.83. The number of rotatable bonds is 12. The zero-order valence-corrected chi connectivity index (χ0v) is 13.3. The second-order valence-corrected chi connectivity index (χ2v) is 6.10. The van der Waals surface area contributed by atoms with Crippen LogP contribution in [0.1, 0.15) is 77.6 Å². The molecule has 0 amide bonds. The zero-order chi connectivity index (χ0) is 14.5. The fraction of sp³-hybridized carbons (Fsp3) is 1.00. The van der Waals surface area contributed by atoms with Crippen LogP contribution in [0.2, 0.25) is 0 Å². The van der Waals surface area contributed by atoms with Gasteiger partial charge in [-0.2, -0.15) is 0 Å². The van der Waals surface area contributed by atoms with Gasteiger partial charge in [0.25, 0.3) is 0 Å². The van der Waals surface area contributed by atoms with E-state index in [0.29, 0.717) is 13.2 Å². The summed E-state index contributed by atoms with van der Waals surface area (Å²) >= 11 is 0. The molecule has 0 aliphatic carbocycles. The maximum absolute atomic E-state index is 9.45. The van der Waals surface area contributed by atoms with Crippen molar-refractivity contribution < 1.29 is 14.6 Å². The van der Waals surface area contributed by atoms with Gasteiger partial charge in [0.1, 0.15) is 0 Å². The lowest BCUT2D eigenvalue weighted by atomic mass is 10.1. The lowest BCUT2D eigenvalue weighted by molar-refractivity contribution is -0.0989. The Kier molecular flexibility index (Phi) is 11.3. The predicted molar refractivity (Wildman–Crippen MR) is 83.0 cm³/mol. The fourth-order valence-electron chi connectivity index (χ4n) is 2.73. The summed E-state index contributed by atoms with van der Waals surface area (Å²) in [5, 5.41) is 9.45. The van der Waals surface area contributed by atoms with Crippen molar-refractivity contribution in [3.8, 4) is 0 Å². The van der Waals surface area contributed by atoms with Crippen molar-refractivity contribution in [1.82, 2.24) is 0 Å². The molecule has 2 unspecified atom stereocenters. The van der Waals surface area contributed by atoms with Crippen LogP contribution in [0, 0.1) is 0 Å². The Morgan fingerprint density at radius 3 is 2.10 bits per heavy atom. The van der Waals surface area contributed by atoms with Crippen LogP contribution in [0.3, 0.4) is 0 Å². The van der Waals surface area contributed by atoms with Crippen LogP contribution in [-0.2, 0) is 9.47 Å². The average molecular weight is 286 g/mol. The molecule has 1 aliphatic heterocycles. The molecule has 0 aromatic rings. The van der Waals surface area contributed by atoms with Crippen LogP contribution in [0.5, 0.6) is 0 Å². The summed E-state index contributed by atoms with van der Waals surface area (Å²) in [6.45, 7) is 4.20. The molecule has 0 saturated carbocycles. The van der Waals surface area contributed by atoms with E-state index >= 15 is 0 Å². The Balaban J connectivity index is 1.76. The van der Waals surface area contributed by atoms with E-state index < -0.39 is 0 Å². The number of unbranched alkanes of at least 4 members (excludes halogenated alkanes) is 9. The van der Waals surface area contributed by atoms with E-state index in [-0.39, 0.29) is 12.2 Å². The van der Waals surface area contributed by atoms with Gasteiger partial charge in [0.2, 0.25) is 0 Å². The van der Waals surface area contributed by atoms with E-state index in [9.17, 15) is 5.11 Å². The van der Waals surface area contributed by atoms with Crippen LogP contribution in [0.25, 0.3) is 0 Å². The maximum Gasteiger partial charge on any atom is 0.0833 e. The summed E-state index contributed by atoms with van der Waals surface area (Å²) in [6.07, 6.45) is 14.0. The SMILES string of the molecule is CCCCCCCCCCCCOC1COCC(O)C1. The van der Waals surface area contributed by atoms with Crippen LogP contribution >= 0.6 is 0 Å². The van der Waals surface area contributed by atoms with Crippen molar-refractivity contribution in [3.63, 3.8) is 0 Å². The van der Waals surface area contributed by atoms with Crippen molar-refractivity contribution in [3.05, 3.63) is 0 Å². The molecule has 2 atom stereocenters. The predicted octanol–water partition coefficient (Wildman–Crippen LogP) is 4.07. The second kappa shape index (κ2) is 12.6. The van der Waals surface area contributed by atoms with E-state index in [1.54, 1.807) is 0 Å². The van der Waals surface area contributed by atoms with Crippen LogP contribution in [0.4, 0.5) is 0 Å². The molecule has 0 aromatic heterocycles. The Labute approximate surface area is 125 Å². The summed E-state index contributed by atoms with van der Waals surface area (Å²) in [6, 6.07) is 0. The molecule has 20 heavy (non-hydrogen) atoms. The lowest BCUT2D eigenvalue weighted by Gasteiger charge is -2.26. The Morgan fingerprint density at radius 1 is 0.900 bits per heavy atom. The average Bonchev–Trinajstić information content (AvgIpc) is 2.45. The minimum absolute atomic E-state index is 0.109. The molecule has 0 aromatic carbocycles. The number of hydrogen-bond acceptors (Lipinski definition) is 3. The smallest absolute Gasteiger partial charge is 0.0833 e. The molecule has 3 heteroatoms. The Morgan fingerprint density at radius 2 is 1.50 bits per heavy atom. The topological polar surface area (TPSA) is 38.7 Å². The first kappa shape index (κ1) is 17.9. The third-order valence-electron chi connectivity index (χ3n) is 4.00. The minimum atomic E-state index is -0.332. The molecule has 0 bridgehead atoms. The highest BCUT2D eigenvalue weighted by atomic mass is 16.5. The lowest BCUT2D eigenvalue weighted by Crippen LogP contribution is -2.34. The molecule has 1 N–H and O–H groups in total. The quantitative estimate of drug-likeness (QED) is 0.550. The van der Waals surface area contributed by atoms with Gasteiger partial charge in [-0.05, 0) is 6.42 Å². The number of aliphatic hydroxyl groups excluding tert-OH is 1. The van der Waals surface area contributed by atoms with Crippen molar-refractivity contribution >= 4 is 0 Å². The highest BCUT2D eigenvalue weighted by Gasteiger charge is 2.20. The van der Waals surface area contributed by atoms with Crippen LogP contribution in [0.15, 0.2) is 0 Å². The molecular formula is C17H34O3. The van der Waals surface area contributed by atoms with Crippen molar-refractivity contribution in [1.29, 1.82) is 0 Å². The molecule has 1 saturated heterocycles. The molecular weight excluding hydrogens is 252 g/mol. The number of ether oxygens (including phenoxy) is 2. The highest BCUT2D eigenvalue weighted by molar-refractivity contribution is 4.69. The summed E-state index contributed by atoms with van der Waals surface area (Å²) in [5.74, 6) is 0. The van der Waals surface area contributed by atoms with Gasteiger partial charge in [0, 0.05) is 13.0 Å². The summed E-state index contributed by atoms with van der Waals surface area (Å²) in [7, 11) is 0. The summed E-state index contributed by atoms with van der Waals surface area (Å²) in [4.78, 5) is 0. The molecule has 1 fully saturated rings. The standard InChI is InChI=1S/C17H34O3/c1-2-3-4-5-6-7-8-9-10-11-12-20-17-13-16(18)14-19-15-17/h16-18H,2-15H2,1H3. The van der Waals surface area contributed by atoms with Gasteiger partial charge in [-0.3, -0.25) is 0 Å². The van der Waals surface area contributed by atoms with Gasteiger partial charge >= 0.3 is 0 Å². The normalized spacial score (nSPS) is 23.1. The molecule has 3 nitrogen and oxygen atoms in total. The highest BCUT2D eigenvalue weighted by Crippen LogP contribution is 2.13. The van der Waals surface area contributed by atoms with E-state index in [1.165, 1.54) is 57.8 Å². The van der Waals surface area contributed by atoms with Gasteiger partial charge in [-0.1, -0.05) is 64.7 Å². The second-order valence-electron chi connectivity index (χ2n) is 6.10. The van der Waals surface area contributed by atoms with Crippen molar-refractivity contribution in [2.45, 2.75) is 89.8 Å².